The number of esters is 3. The van der Waals surface area contributed by atoms with Gasteiger partial charge in [-0.2, -0.15) is 0 Å². The number of carbonyl (C=O) groups is 3. The van der Waals surface area contributed by atoms with E-state index in [1.807, 2.05) is 0 Å². The average molecular weight is 851 g/mol. The Labute approximate surface area is 376 Å². The predicted molar refractivity (Wildman–Crippen MR) is 261 cm³/mol. The van der Waals surface area contributed by atoms with Crippen LogP contribution in [0.3, 0.4) is 0 Å². The summed E-state index contributed by atoms with van der Waals surface area (Å²) in [6.07, 6.45) is 61.7. The molecule has 0 amide bonds. The van der Waals surface area contributed by atoms with E-state index in [0.29, 0.717) is 19.3 Å². The standard InChI is InChI=1S/C55H94O6/c1-4-7-10-13-16-19-22-25-27-28-29-31-33-36-39-42-45-48-54(57)60-51-52(50-59-53(56)47-44-41-38-35-32-24-21-18-15-12-9-6-3)61-55(58)49-46-43-40-37-34-30-26-23-20-17-14-11-8-5-2/h7,10,16,19,25,27,29-31,34,36,39,52H,4-6,8-9,11-15,17-18,20-24,26,28,32-33,35,37-38,40-51H2,1-3H3/b10-7-,19-16-,27-25-,31-29-,34-30-,39-36-. The molecule has 0 aromatic rings. The van der Waals surface area contributed by atoms with Crippen LogP contribution in [0.1, 0.15) is 239 Å². The van der Waals surface area contributed by atoms with Gasteiger partial charge in [0.05, 0.1) is 0 Å². The van der Waals surface area contributed by atoms with Crippen LogP contribution in [0.25, 0.3) is 0 Å². The van der Waals surface area contributed by atoms with Gasteiger partial charge in [0.2, 0.25) is 0 Å². The van der Waals surface area contributed by atoms with E-state index in [-0.39, 0.29) is 37.5 Å². The van der Waals surface area contributed by atoms with E-state index in [9.17, 15) is 14.4 Å². The first-order valence-corrected chi connectivity index (χ1v) is 25.4. The van der Waals surface area contributed by atoms with Crippen LogP contribution in [0, 0.1) is 0 Å². The molecule has 350 valence electrons. The molecule has 61 heavy (non-hydrogen) atoms. The van der Waals surface area contributed by atoms with E-state index in [2.05, 4.69) is 93.7 Å². The van der Waals surface area contributed by atoms with Crippen molar-refractivity contribution in [2.24, 2.45) is 0 Å². The molecule has 0 aliphatic heterocycles. The van der Waals surface area contributed by atoms with Gasteiger partial charge in [0.15, 0.2) is 6.10 Å². The summed E-state index contributed by atoms with van der Waals surface area (Å²) in [6, 6.07) is 0. The third kappa shape index (κ3) is 47.7. The number of carbonyl (C=O) groups excluding carboxylic acids is 3. The first kappa shape index (κ1) is 57.9. The highest BCUT2D eigenvalue weighted by Gasteiger charge is 2.19. The Hall–Kier alpha value is -3.15. The molecule has 6 nitrogen and oxygen atoms in total. The van der Waals surface area contributed by atoms with E-state index in [4.69, 9.17) is 14.2 Å². The van der Waals surface area contributed by atoms with Crippen molar-refractivity contribution >= 4 is 17.9 Å². The predicted octanol–water partition coefficient (Wildman–Crippen LogP) is 16.6. The number of ether oxygens (including phenoxy) is 3. The second-order valence-corrected chi connectivity index (χ2v) is 16.7. The Morgan fingerprint density at radius 1 is 0.344 bits per heavy atom. The van der Waals surface area contributed by atoms with Crippen molar-refractivity contribution < 1.29 is 28.6 Å². The van der Waals surface area contributed by atoms with Crippen molar-refractivity contribution in [1.29, 1.82) is 0 Å². The van der Waals surface area contributed by atoms with E-state index >= 15 is 0 Å². The van der Waals surface area contributed by atoms with Crippen LogP contribution >= 0.6 is 0 Å². The summed E-state index contributed by atoms with van der Waals surface area (Å²) >= 11 is 0. The first-order valence-electron chi connectivity index (χ1n) is 25.4. The lowest BCUT2D eigenvalue weighted by molar-refractivity contribution is -0.167. The fourth-order valence-electron chi connectivity index (χ4n) is 6.88. The molecule has 0 aromatic carbocycles. The van der Waals surface area contributed by atoms with Crippen LogP contribution in [0.2, 0.25) is 0 Å². The summed E-state index contributed by atoms with van der Waals surface area (Å²) in [5.74, 6) is -0.973. The Morgan fingerprint density at radius 2 is 0.656 bits per heavy atom. The molecule has 0 spiro atoms. The molecule has 0 aliphatic carbocycles. The van der Waals surface area contributed by atoms with E-state index < -0.39 is 6.10 Å². The Kier molecular flexibility index (Phi) is 46.9. The monoisotopic (exact) mass is 851 g/mol. The molecule has 0 aliphatic rings. The van der Waals surface area contributed by atoms with Crippen molar-refractivity contribution in [2.75, 3.05) is 13.2 Å². The van der Waals surface area contributed by atoms with Gasteiger partial charge >= 0.3 is 17.9 Å². The van der Waals surface area contributed by atoms with Gasteiger partial charge in [0, 0.05) is 19.3 Å². The number of hydrogen-bond donors (Lipinski definition) is 0. The minimum absolute atomic E-state index is 0.0975. The SMILES string of the molecule is CC/C=C\C/C=C\C/C=C\C/C=C\C/C=C\CCCC(=O)OCC(COC(=O)CCCCCCCCCCCCCC)OC(=O)CCCCC/C=C\CCCCCCCCC. The molecule has 0 saturated carbocycles. The molecular formula is C55H94O6. The molecule has 0 N–H and O–H groups in total. The second kappa shape index (κ2) is 49.5. The van der Waals surface area contributed by atoms with Gasteiger partial charge in [-0.3, -0.25) is 14.4 Å². The lowest BCUT2D eigenvalue weighted by Crippen LogP contribution is -2.30. The molecule has 0 aromatic heterocycles. The van der Waals surface area contributed by atoms with Gasteiger partial charge in [-0.25, -0.2) is 0 Å². The summed E-state index contributed by atoms with van der Waals surface area (Å²) in [5, 5.41) is 0. The van der Waals surface area contributed by atoms with E-state index in [1.54, 1.807) is 0 Å². The van der Waals surface area contributed by atoms with E-state index in [0.717, 1.165) is 89.9 Å². The molecular weight excluding hydrogens is 757 g/mol. The fourth-order valence-corrected chi connectivity index (χ4v) is 6.88. The highest BCUT2D eigenvalue weighted by molar-refractivity contribution is 5.71. The molecule has 0 heterocycles. The van der Waals surface area contributed by atoms with Gasteiger partial charge in [-0.05, 0) is 83.5 Å². The Morgan fingerprint density at radius 3 is 1.10 bits per heavy atom. The van der Waals surface area contributed by atoms with Crippen LogP contribution in [0.15, 0.2) is 72.9 Å². The third-order valence-electron chi connectivity index (χ3n) is 10.7. The zero-order valence-electron chi connectivity index (χ0n) is 39.9. The smallest absolute Gasteiger partial charge is 0.306 e. The maximum atomic E-state index is 12.8. The average Bonchev–Trinajstić information content (AvgIpc) is 3.26. The summed E-state index contributed by atoms with van der Waals surface area (Å²) in [5.41, 5.74) is 0. The maximum Gasteiger partial charge on any atom is 0.306 e. The topological polar surface area (TPSA) is 78.9 Å². The van der Waals surface area contributed by atoms with Gasteiger partial charge < -0.3 is 14.2 Å². The van der Waals surface area contributed by atoms with Gasteiger partial charge in [0.1, 0.15) is 13.2 Å². The van der Waals surface area contributed by atoms with Gasteiger partial charge in [0.25, 0.3) is 0 Å². The zero-order valence-corrected chi connectivity index (χ0v) is 39.9. The van der Waals surface area contributed by atoms with Crippen LogP contribution in [-0.2, 0) is 28.6 Å². The lowest BCUT2D eigenvalue weighted by atomic mass is 10.0. The minimum atomic E-state index is -0.803. The zero-order chi connectivity index (χ0) is 44.4. The molecule has 0 bridgehead atoms. The fraction of sp³-hybridized carbons (Fsp3) is 0.727. The van der Waals surface area contributed by atoms with Crippen LogP contribution in [0.4, 0.5) is 0 Å². The highest BCUT2D eigenvalue weighted by Crippen LogP contribution is 2.14. The molecule has 1 atom stereocenters. The quantitative estimate of drug-likeness (QED) is 0.0263. The number of hydrogen-bond acceptors (Lipinski definition) is 6. The largest absolute Gasteiger partial charge is 0.462 e. The third-order valence-corrected chi connectivity index (χ3v) is 10.7. The number of allylic oxidation sites excluding steroid dienone is 12. The molecule has 0 rings (SSSR count). The highest BCUT2D eigenvalue weighted by atomic mass is 16.6. The number of unbranched alkanes of at least 4 members (excludes halogenated alkanes) is 22. The molecule has 0 fully saturated rings. The van der Waals surface area contributed by atoms with E-state index in [1.165, 1.54) is 103 Å². The minimum Gasteiger partial charge on any atom is -0.462 e. The van der Waals surface area contributed by atoms with Crippen molar-refractivity contribution in [1.82, 2.24) is 0 Å². The van der Waals surface area contributed by atoms with Crippen molar-refractivity contribution in [3.8, 4) is 0 Å². The van der Waals surface area contributed by atoms with Crippen LogP contribution in [0.5, 0.6) is 0 Å². The molecule has 1 unspecified atom stereocenters. The summed E-state index contributed by atoms with van der Waals surface area (Å²) in [7, 11) is 0. The summed E-state index contributed by atoms with van der Waals surface area (Å²) < 4.78 is 16.7. The van der Waals surface area contributed by atoms with Crippen LogP contribution < -0.4 is 0 Å². The first-order chi connectivity index (χ1) is 30.0. The molecule has 0 radical (unpaired) electrons. The summed E-state index contributed by atoms with van der Waals surface area (Å²) in [6.45, 7) is 6.45. The van der Waals surface area contributed by atoms with Gasteiger partial charge in [-0.1, -0.05) is 209 Å². The molecule has 0 saturated heterocycles. The van der Waals surface area contributed by atoms with Crippen molar-refractivity contribution in [2.45, 2.75) is 245 Å². The maximum absolute atomic E-state index is 12.8. The number of rotatable bonds is 45. The Balaban J connectivity index is 4.49. The van der Waals surface area contributed by atoms with Crippen molar-refractivity contribution in [3.63, 3.8) is 0 Å². The van der Waals surface area contributed by atoms with Gasteiger partial charge in [-0.15, -0.1) is 0 Å². The normalized spacial score (nSPS) is 12.6. The molecule has 6 heteroatoms. The lowest BCUT2D eigenvalue weighted by Gasteiger charge is -2.18. The van der Waals surface area contributed by atoms with Crippen molar-refractivity contribution in [3.05, 3.63) is 72.9 Å². The van der Waals surface area contributed by atoms with Crippen LogP contribution in [-0.4, -0.2) is 37.2 Å². The summed E-state index contributed by atoms with van der Waals surface area (Å²) in [4.78, 5) is 37.9. The second-order valence-electron chi connectivity index (χ2n) is 16.7. The Bertz CT molecular complexity index is 1160.